The summed E-state index contributed by atoms with van der Waals surface area (Å²) in [7, 11) is 1.51. The van der Waals surface area contributed by atoms with Gasteiger partial charge in [0.25, 0.3) is 0 Å². The molecule has 1 aliphatic heterocycles. The lowest BCUT2D eigenvalue weighted by Gasteiger charge is -2.16. The summed E-state index contributed by atoms with van der Waals surface area (Å²) in [6, 6.07) is 3.93. The molecule has 0 atom stereocenters. The maximum absolute atomic E-state index is 12.9. The van der Waals surface area contributed by atoms with Crippen molar-refractivity contribution in [2.75, 3.05) is 18.0 Å². The third-order valence-corrected chi connectivity index (χ3v) is 4.23. The summed E-state index contributed by atoms with van der Waals surface area (Å²) in [6.07, 6.45) is 0.636. The molecule has 0 aromatic carbocycles. The minimum absolute atomic E-state index is 0.0964. The normalized spacial score (nSPS) is 15.2. The average molecular weight is 339 g/mol. The molecule has 1 fully saturated rings. The number of aryl methyl sites for hydroxylation is 1. The van der Waals surface area contributed by atoms with Gasteiger partial charge in [0.05, 0.1) is 17.5 Å². The molecule has 3 rings (SSSR count). The second-order valence-corrected chi connectivity index (χ2v) is 5.95. The standard InChI is InChI=1S/C16H20F3N5/c1-23-14(13(10-22-23)16(17,18)19)11-20-8-12-4-5-15(21-9-12)24-6-2-3-7-24/h4-5,9-10,20H,2-3,6-8,11H2,1H3. The van der Waals surface area contributed by atoms with Gasteiger partial charge in [-0.1, -0.05) is 6.07 Å². The van der Waals surface area contributed by atoms with Crippen LogP contribution < -0.4 is 10.2 Å². The number of anilines is 1. The molecule has 2 aromatic rings. The van der Waals surface area contributed by atoms with Crippen molar-refractivity contribution >= 4 is 5.82 Å². The van der Waals surface area contributed by atoms with Crippen LogP contribution in [0.4, 0.5) is 19.0 Å². The molecule has 8 heteroatoms. The van der Waals surface area contributed by atoms with Crippen LogP contribution in [-0.2, 0) is 26.3 Å². The summed E-state index contributed by atoms with van der Waals surface area (Å²) >= 11 is 0. The van der Waals surface area contributed by atoms with Crippen molar-refractivity contribution in [1.29, 1.82) is 0 Å². The number of halogens is 3. The fourth-order valence-corrected chi connectivity index (χ4v) is 2.89. The average Bonchev–Trinajstić information content (AvgIpc) is 3.18. The number of aromatic nitrogens is 3. The summed E-state index contributed by atoms with van der Waals surface area (Å²) in [5.41, 5.74) is 0.373. The molecule has 2 aromatic heterocycles. The molecule has 1 N–H and O–H groups in total. The smallest absolute Gasteiger partial charge is 0.357 e. The Morgan fingerprint density at radius 3 is 2.50 bits per heavy atom. The Bertz CT molecular complexity index is 672. The van der Waals surface area contributed by atoms with E-state index in [1.807, 2.05) is 12.1 Å². The lowest BCUT2D eigenvalue weighted by molar-refractivity contribution is -0.138. The third kappa shape index (κ3) is 3.69. The van der Waals surface area contributed by atoms with Crippen LogP contribution in [0.1, 0.15) is 29.7 Å². The highest BCUT2D eigenvalue weighted by Crippen LogP contribution is 2.31. The predicted molar refractivity (Wildman–Crippen MR) is 84.4 cm³/mol. The highest BCUT2D eigenvalue weighted by Gasteiger charge is 2.35. The van der Waals surface area contributed by atoms with E-state index in [9.17, 15) is 13.2 Å². The van der Waals surface area contributed by atoms with Gasteiger partial charge in [-0.25, -0.2) is 4.98 Å². The summed E-state index contributed by atoms with van der Waals surface area (Å²) < 4.78 is 40.0. The van der Waals surface area contributed by atoms with E-state index in [-0.39, 0.29) is 12.2 Å². The topological polar surface area (TPSA) is 46.0 Å². The number of rotatable bonds is 5. The van der Waals surface area contributed by atoms with Gasteiger partial charge < -0.3 is 10.2 Å². The van der Waals surface area contributed by atoms with E-state index < -0.39 is 11.7 Å². The van der Waals surface area contributed by atoms with Crippen molar-refractivity contribution in [1.82, 2.24) is 20.1 Å². The van der Waals surface area contributed by atoms with Crippen molar-refractivity contribution in [2.45, 2.75) is 32.1 Å². The maximum Gasteiger partial charge on any atom is 0.419 e. The Balaban J connectivity index is 1.58. The van der Waals surface area contributed by atoms with Gasteiger partial charge in [0.15, 0.2) is 0 Å². The van der Waals surface area contributed by atoms with Crippen LogP contribution in [0, 0.1) is 0 Å². The van der Waals surface area contributed by atoms with Crippen LogP contribution >= 0.6 is 0 Å². The van der Waals surface area contributed by atoms with E-state index in [0.29, 0.717) is 6.54 Å². The summed E-state index contributed by atoms with van der Waals surface area (Å²) in [4.78, 5) is 6.68. The summed E-state index contributed by atoms with van der Waals surface area (Å²) in [5, 5.41) is 6.74. The van der Waals surface area contributed by atoms with Crippen molar-refractivity contribution in [3.05, 3.63) is 41.3 Å². The molecule has 3 heterocycles. The highest BCUT2D eigenvalue weighted by molar-refractivity contribution is 5.40. The number of nitrogens with one attached hydrogen (secondary N) is 1. The van der Waals surface area contributed by atoms with Gasteiger partial charge in [0.1, 0.15) is 5.82 Å². The Labute approximate surface area is 138 Å². The van der Waals surface area contributed by atoms with Crippen LogP contribution in [-0.4, -0.2) is 27.9 Å². The molecule has 0 radical (unpaired) electrons. The molecule has 0 bridgehead atoms. The number of hydrogen-bond donors (Lipinski definition) is 1. The summed E-state index contributed by atoms with van der Waals surface area (Å²) in [5.74, 6) is 0.960. The van der Waals surface area contributed by atoms with E-state index in [1.165, 1.54) is 24.6 Å². The molecule has 0 spiro atoms. The van der Waals surface area contributed by atoms with Crippen molar-refractivity contribution in [3.63, 3.8) is 0 Å². The number of pyridine rings is 1. The Kier molecular flexibility index (Phi) is 4.75. The molecule has 0 aliphatic carbocycles. The first-order valence-electron chi connectivity index (χ1n) is 7.94. The predicted octanol–water partition coefficient (Wildman–Crippen LogP) is 2.72. The number of hydrogen-bond acceptors (Lipinski definition) is 4. The molecule has 1 aliphatic rings. The van der Waals surface area contributed by atoms with Gasteiger partial charge in [-0.2, -0.15) is 18.3 Å². The lowest BCUT2D eigenvalue weighted by Crippen LogP contribution is -2.20. The minimum atomic E-state index is -4.38. The van der Waals surface area contributed by atoms with E-state index in [4.69, 9.17) is 0 Å². The lowest BCUT2D eigenvalue weighted by atomic mass is 10.2. The Morgan fingerprint density at radius 2 is 1.88 bits per heavy atom. The van der Waals surface area contributed by atoms with Gasteiger partial charge in [0, 0.05) is 39.4 Å². The fourth-order valence-electron chi connectivity index (χ4n) is 2.89. The van der Waals surface area contributed by atoms with Gasteiger partial charge in [-0.05, 0) is 24.5 Å². The molecule has 130 valence electrons. The minimum Gasteiger partial charge on any atom is -0.357 e. The monoisotopic (exact) mass is 339 g/mol. The zero-order valence-corrected chi connectivity index (χ0v) is 13.5. The largest absolute Gasteiger partial charge is 0.419 e. The molecule has 5 nitrogen and oxygen atoms in total. The van der Waals surface area contributed by atoms with Gasteiger partial charge in [0.2, 0.25) is 0 Å². The third-order valence-electron chi connectivity index (χ3n) is 4.23. The van der Waals surface area contributed by atoms with Crippen molar-refractivity contribution in [3.8, 4) is 0 Å². The first-order valence-corrected chi connectivity index (χ1v) is 7.94. The molecule has 1 saturated heterocycles. The number of nitrogens with zero attached hydrogens (tertiary/aromatic N) is 4. The molecular formula is C16H20F3N5. The Morgan fingerprint density at radius 1 is 1.12 bits per heavy atom. The van der Waals surface area contributed by atoms with Crippen LogP contribution in [0.15, 0.2) is 24.5 Å². The van der Waals surface area contributed by atoms with E-state index in [0.717, 1.165) is 30.7 Å². The SMILES string of the molecule is Cn1ncc(C(F)(F)F)c1CNCc1ccc(N2CCCC2)nc1. The fraction of sp³-hybridized carbons (Fsp3) is 0.500. The zero-order chi connectivity index (χ0) is 17.2. The highest BCUT2D eigenvalue weighted by atomic mass is 19.4. The first kappa shape index (κ1) is 16.8. The molecular weight excluding hydrogens is 319 g/mol. The van der Waals surface area contributed by atoms with E-state index in [2.05, 4.69) is 20.3 Å². The molecule has 0 saturated carbocycles. The quantitative estimate of drug-likeness (QED) is 0.910. The van der Waals surface area contributed by atoms with E-state index in [1.54, 1.807) is 6.20 Å². The number of alkyl halides is 3. The van der Waals surface area contributed by atoms with Crippen molar-refractivity contribution < 1.29 is 13.2 Å². The van der Waals surface area contributed by atoms with Gasteiger partial charge >= 0.3 is 6.18 Å². The summed E-state index contributed by atoms with van der Waals surface area (Å²) in [6.45, 7) is 2.62. The van der Waals surface area contributed by atoms with Gasteiger partial charge in [-0.3, -0.25) is 4.68 Å². The zero-order valence-electron chi connectivity index (χ0n) is 13.5. The first-order chi connectivity index (χ1) is 11.4. The maximum atomic E-state index is 12.9. The molecule has 0 unspecified atom stereocenters. The van der Waals surface area contributed by atoms with Crippen LogP contribution in [0.3, 0.4) is 0 Å². The molecule has 0 amide bonds. The van der Waals surface area contributed by atoms with E-state index >= 15 is 0 Å². The second kappa shape index (κ2) is 6.80. The second-order valence-electron chi connectivity index (χ2n) is 5.95. The van der Waals surface area contributed by atoms with Crippen LogP contribution in [0.25, 0.3) is 0 Å². The molecule has 24 heavy (non-hydrogen) atoms. The Hall–Kier alpha value is -2.09. The van der Waals surface area contributed by atoms with Crippen LogP contribution in [0.5, 0.6) is 0 Å². The van der Waals surface area contributed by atoms with Crippen molar-refractivity contribution in [2.24, 2.45) is 7.05 Å². The van der Waals surface area contributed by atoms with Crippen LogP contribution in [0.2, 0.25) is 0 Å². The van der Waals surface area contributed by atoms with Gasteiger partial charge in [-0.15, -0.1) is 0 Å².